The third-order valence-corrected chi connectivity index (χ3v) is 4.85. The van der Waals surface area contributed by atoms with Gasteiger partial charge in [0, 0.05) is 14.8 Å². The maximum absolute atomic E-state index is 6.14. The maximum atomic E-state index is 6.14. The fourth-order valence-electron chi connectivity index (χ4n) is 1.54. The SMILES string of the molecule is CC(Nc1ccccc1I)c1cc(Cl)sc1Cl. The monoisotopic (exact) mass is 397 g/mol. The van der Waals surface area contributed by atoms with Gasteiger partial charge in [0.05, 0.1) is 14.7 Å². The first-order chi connectivity index (χ1) is 8.08. The van der Waals surface area contributed by atoms with Crippen LogP contribution < -0.4 is 5.32 Å². The summed E-state index contributed by atoms with van der Waals surface area (Å²) in [5.74, 6) is 0. The molecule has 1 aromatic heterocycles. The molecule has 1 nitrogen and oxygen atoms in total. The topological polar surface area (TPSA) is 12.0 Å². The van der Waals surface area contributed by atoms with Crippen LogP contribution in [0.3, 0.4) is 0 Å². The summed E-state index contributed by atoms with van der Waals surface area (Å²) < 4.78 is 2.66. The minimum Gasteiger partial charge on any atom is -0.378 e. The second-order valence-corrected chi connectivity index (χ2v) is 7.07. The van der Waals surface area contributed by atoms with E-state index in [1.807, 2.05) is 18.2 Å². The molecule has 0 radical (unpaired) electrons. The number of hydrogen-bond donors (Lipinski definition) is 1. The predicted molar refractivity (Wildman–Crippen MR) is 85.5 cm³/mol. The van der Waals surface area contributed by atoms with Crippen LogP contribution in [0.15, 0.2) is 30.3 Å². The van der Waals surface area contributed by atoms with Crippen molar-refractivity contribution in [2.24, 2.45) is 0 Å². The summed E-state index contributed by atoms with van der Waals surface area (Å²) in [7, 11) is 0. The summed E-state index contributed by atoms with van der Waals surface area (Å²) in [5.41, 5.74) is 2.15. The number of benzene rings is 1. The molecule has 17 heavy (non-hydrogen) atoms. The first-order valence-electron chi connectivity index (χ1n) is 5.03. The summed E-state index contributed by atoms with van der Waals surface area (Å²) in [6.07, 6.45) is 0. The van der Waals surface area contributed by atoms with Gasteiger partial charge in [0.25, 0.3) is 0 Å². The Labute approximate surface area is 128 Å². The molecule has 1 aromatic carbocycles. The molecule has 2 rings (SSSR count). The Bertz CT molecular complexity index is 527. The lowest BCUT2D eigenvalue weighted by Crippen LogP contribution is -2.06. The van der Waals surface area contributed by atoms with E-state index in [-0.39, 0.29) is 6.04 Å². The molecule has 0 fully saturated rings. The fourth-order valence-corrected chi connectivity index (χ4v) is 3.73. The highest BCUT2D eigenvalue weighted by molar-refractivity contribution is 14.1. The molecule has 0 spiro atoms. The van der Waals surface area contributed by atoms with Gasteiger partial charge in [-0.05, 0) is 47.7 Å². The minimum absolute atomic E-state index is 0.141. The zero-order valence-electron chi connectivity index (χ0n) is 9.01. The molecular weight excluding hydrogens is 388 g/mol. The molecule has 0 aliphatic carbocycles. The van der Waals surface area contributed by atoms with Gasteiger partial charge in [-0.3, -0.25) is 0 Å². The summed E-state index contributed by atoms with van der Waals surface area (Å²) >= 11 is 15.8. The molecule has 1 N–H and O–H groups in total. The van der Waals surface area contributed by atoms with Gasteiger partial charge in [-0.1, -0.05) is 35.3 Å². The van der Waals surface area contributed by atoms with E-state index in [4.69, 9.17) is 23.2 Å². The van der Waals surface area contributed by atoms with E-state index in [1.165, 1.54) is 14.9 Å². The van der Waals surface area contributed by atoms with Gasteiger partial charge in [0.2, 0.25) is 0 Å². The Morgan fingerprint density at radius 1 is 1.29 bits per heavy atom. The van der Waals surface area contributed by atoms with Crippen molar-refractivity contribution < 1.29 is 0 Å². The molecule has 0 saturated heterocycles. The average molecular weight is 398 g/mol. The fraction of sp³-hybridized carbons (Fsp3) is 0.167. The van der Waals surface area contributed by atoms with Gasteiger partial charge in [0.15, 0.2) is 0 Å². The lowest BCUT2D eigenvalue weighted by atomic mass is 10.1. The number of hydrogen-bond acceptors (Lipinski definition) is 2. The largest absolute Gasteiger partial charge is 0.378 e. The van der Waals surface area contributed by atoms with Crippen molar-refractivity contribution in [3.05, 3.63) is 48.1 Å². The second-order valence-electron chi connectivity index (χ2n) is 3.63. The highest BCUT2D eigenvalue weighted by Crippen LogP contribution is 2.36. The standard InChI is InChI=1S/C12H10Cl2INS/c1-7(8-6-11(13)17-12(8)14)16-10-5-3-2-4-9(10)15/h2-7,16H,1H3. The molecule has 1 unspecified atom stereocenters. The summed E-state index contributed by atoms with van der Waals surface area (Å²) in [5, 5.41) is 3.44. The Balaban J connectivity index is 2.20. The molecule has 1 heterocycles. The van der Waals surface area contributed by atoms with E-state index in [0.29, 0.717) is 0 Å². The van der Waals surface area contributed by atoms with Crippen molar-refractivity contribution >= 4 is 62.8 Å². The minimum atomic E-state index is 0.141. The van der Waals surface area contributed by atoms with Gasteiger partial charge in [-0.15, -0.1) is 11.3 Å². The van der Waals surface area contributed by atoms with E-state index in [1.54, 1.807) is 0 Å². The molecule has 2 aromatic rings. The normalized spacial score (nSPS) is 12.5. The number of thiophene rings is 1. The van der Waals surface area contributed by atoms with Crippen LogP contribution in [0, 0.1) is 3.57 Å². The molecule has 0 saturated carbocycles. The van der Waals surface area contributed by atoms with Crippen LogP contribution in [0.1, 0.15) is 18.5 Å². The van der Waals surface area contributed by atoms with E-state index in [0.717, 1.165) is 19.9 Å². The summed E-state index contributed by atoms with van der Waals surface area (Å²) in [6.45, 7) is 2.08. The van der Waals surface area contributed by atoms with Crippen LogP contribution in [-0.2, 0) is 0 Å². The lowest BCUT2D eigenvalue weighted by Gasteiger charge is -2.15. The van der Waals surface area contributed by atoms with Gasteiger partial charge in [0.1, 0.15) is 0 Å². The smallest absolute Gasteiger partial charge is 0.0996 e. The van der Waals surface area contributed by atoms with Crippen LogP contribution >= 0.6 is 57.1 Å². The van der Waals surface area contributed by atoms with Crippen LogP contribution in [-0.4, -0.2) is 0 Å². The highest BCUT2D eigenvalue weighted by atomic mass is 127. The zero-order valence-corrected chi connectivity index (χ0v) is 13.5. The third kappa shape index (κ3) is 3.28. The molecule has 5 heteroatoms. The molecular formula is C12H10Cl2INS. The highest BCUT2D eigenvalue weighted by Gasteiger charge is 2.13. The number of halogens is 3. The van der Waals surface area contributed by atoms with E-state index < -0.39 is 0 Å². The zero-order chi connectivity index (χ0) is 12.4. The molecule has 1 atom stereocenters. The Hall–Kier alpha value is 0.0300. The van der Waals surface area contributed by atoms with Crippen LogP contribution in [0.4, 0.5) is 5.69 Å². The summed E-state index contributed by atoms with van der Waals surface area (Å²) in [4.78, 5) is 0. The number of rotatable bonds is 3. The van der Waals surface area contributed by atoms with Crippen LogP contribution in [0.5, 0.6) is 0 Å². The first kappa shape index (κ1) is 13.5. The van der Waals surface area contributed by atoms with E-state index in [9.17, 15) is 0 Å². The Morgan fingerprint density at radius 2 is 2.00 bits per heavy atom. The van der Waals surface area contributed by atoms with Crippen LogP contribution in [0.25, 0.3) is 0 Å². The molecule has 0 aliphatic heterocycles. The van der Waals surface area contributed by atoms with E-state index in [2.05, 4.69) is 47.0 Å². The molecule has 0 bridgehead atoms. The summed E-state index contributed by atoms with van der Waals surface area (Å²) in [6, 6.07) is 10.2. The van der Waals surface area contributed by atoms with Crippen molar-refractivity contribution in [1.29, 1.82) is 0 Å². The average Bonchev–Trinajstić information content (AvgIpc) is 2.61. The van der Waals surface area contributed by atoms with E-state index >= 15 is 0 Å². The van der Waals surface area contributed by atoms with Gasteiger partial charge in [-0.25, -0.2) is 0 Å². The number of para-hydroxylation sites is 1. The second kappa shape index (κ2) is 5.78. The quantitative estimate of drug-likeness (QED) is 0.642. The molecule has 0 amide bonds. The maximum Gasteiger partial charge on any atom is 0.0996 e. The Kier molecular flexibility index (Phi) is 4.58. The van der Waals surface area contributed by atoms with Crippen molar-refractivity contribution in [3.8, 4) is 0 Å². The molecule has 0 aliphatic rings. The van der Waals surface area contributed by atoms with Gasteiger partial charge >= 0.3 is 0 Å². The van der Waals surface area contributed by atoms with Gasteiger partial charge < -0.3 is 5.32 Å². The first-order valence-corrected chi connectivity index (χ1v) is 7.69. The Morgan fingerprint density at radius 3 is 2.59 bits per heavy atom. The van der Waals surface area contributed by atoms with Crippen molar-refractivity contribution in [2.75, 3.05) is 5.32 Å². The van der Waals surface area contributed by atoms with Crippen molar-refractivity contribution in [2.45, 2.75) is 13.0 Å². The number of anilines is 1. The van der Waals surface area contributed by atoms with Crippen LogP contribution in [0.2, 0.25) is 8.67 Å². The van der Waals surface area contributed by atoms with Crippen molar-refractivity contribution in [3.63, 3.8) is 0 Å². The van der Waals surface area contributed by atoms with Gasteiger partial charge in [-0.2, -0.15) is 0 Å². The molecule has 90 valence electrons. The third-order valence-electron chi connectivity index (χ3n) is 2.40. The predicted octanol–water partition coefficient (Wildman–Crippen LogP) is 5.83. The van der Waals surface area contributed by atoms with Crippen molar-refractivity contribution in [1.82, 2.24) is 0 Å². The lowest BCUT2D eigenvalue weighted by molar-refractivity contribution is 0.889. The number of nitrogens with one attached hydrogen (secondary N) is 1.